The molecular formula is C15H18N2OS. The Bertz CT molecular complexity index is 596. The number of rotatable bonds is 3. The zero-order valence-corrected chi connectivity index (χ0v) is 12.5. The quantitative estimate of drug-likeness (QED) is 0.804. The SMILES string of the molecule is Cc1cccc(C(=O)Cc2nc(C(C)(C)C)cs2)n1. The minimum Gasteiger partial charge on any atom is -0.292 e. The first-order valence-corrected chi connectivity index (χ1v) is 7.16. The van der Waals surface area contributed by atoms with Gasteiger partial charge in [-0.15, -0.1) is 11.3 Å². The molecule has 0 fully saturated rings. The van der Waals surface area contributed by atoms with Gasteiger partial charge >= 0.3 is 0 Å². The van der Waals surface area contributed by atoms with Crippen molar-refractivity contribution in [3.05, 3.63) is 45.7 Å². The molecule has 0 unspecified atom stereocenters. The van der Waals surface area contributed by atoms with Gasteiger partial charge in [0.05, 0.1) is 12.1 Å². The monoisotopic (exact) mass is 274 g/mol. The highest BCUT2D eigenvalue weighted by molar-refractivity contribution is 7.09. The molecule has 0 aliphatic heterocycles. The van der Waals surface area contributed by atoms with Gasteiger partial charge in [0.2, 0.25) is 0 Å². The van der Waals surface area contributed by atoms with Crippen LogP contribution >= 0.6 is 11.3 Å². The van der Waals surface area contributed by atoms with E-state index in [1.165, 1.54) is 0 Å². The maximum absolute atomic E-state index is 12.1. The average Bonchev–Trinajstić information content (AvgIpc) is 2.77. The standard InChI is InChI=1S/C15H18N2OS/c1-10-6-5-7-11(16-10)12(18)8-14-17-13(9-19-14)15(2,3)4/h5-7,9H,8H2,1-4H3. The van der Waals surface area contributed by atoms with Gasteiger partial charge in [-0.2, -0.15) is 0 Å². The lowest BCUT2D eigenvalue weighted by atomic mass is 9.93. The summed E-state index contributed by atoms with van der Waals surface area (Å²) in [6.45, 7) is 8.25. The summed E-state index contributed by atoms with van der Waals surface area (Å²) in [6.07, 6.45) is 0.331. The van der Waals surface area contributed by atoms with E-state index in [9.17, 15) is 4.79 Å². The molecule has 4 heteroatoms. The van der Waals surface area contributed by atoms with E-state index >= 15 is 0 Å². The molecular weight excluding hydrogens is 256 g/mol. The van der Waals surface area contributed by atoms with Crippen molar-refractivity contribution in [2.45, 2.75) is 39.5 Å². The lowest BCUT2D eigenvalue weighted by molar-refractivity contribution is 0.0988. The highest BCUT2D eigenvalue weighted by Gasteiger charge is 2.19. The van der Waals surface area contributed by atoms with E-state index in [0.717, 1.165) is 16.4 Å². The van der Waals surface area contributed by atoms with E-state index in [4.69, 9.17) is 0 Å². The van der Waals surface area contributed by atoms with E-state index in [1.54, 1.807) is 17.4 Å². The zero-order valence-electron chi connectivity index (χ0n) is 11.7. The lowest BCUT2D eigenvalue weighted by Crippen LogP contribution is -2.12. The predicted molar refractivity (Wildman–Crippen MR) is 77.8 cm³/mol. The van der Waals surface area contributed by atoms with Gasteiger partial charge in [-0.3, -0.25) is 9.78 Å². The molecule has 0 amide bonds. The van der Waals surface area contributed by atoms with Crippen LogP contribution in [0.1, 0.15) is 47.7 Å². The summed E-state index contributed by atoms with van der Waals surface area (Å²) < 4.78 is 0. The number of hydrogen-bond donors (Lipinski definition) is 0. The summed E-state index contributed by atoms with van der Waals surface area (Å²) in [5.41, 5.74) is 2.45. The Morgan fingerprint density at radius 2 is 2.00 bits per heavy atom. The number of thiazole rings is 1. The van der Waals surface area contributed by atoms with E-state index in [2.05, 4.69) is 30.7 Å². The second-order valence-corrected chi connectivity index (χ2v) is 6.58. The first kappa shape index (κ1) is 13.9. The van der Waals surface area contributed by atoms with Crippen molar-refractivity contribution >= 4 is 17.1 Å². The molecule has 0 saturated heterocycles. The Labute approximate surface area is 117 Å². The third-order valence-corrected chi connectivity index (χ3v) is 3.65. The van der Waals surface area contributed by atoms with Crippen LogP contribution in [0, 0.1) is 6.92 Å². The van der Waals surface area contributed by atoms with Crippen LogP contribution in [0.4, 0.5) is 0 Å². The molecule has 100 valence electrons. The summed E-state index contributed by atoms with van der Waals surface area (Å²) in [5, 5.41) is 2.89. The van der Waals surface area contributed by atoms with E-state index < -0.39 is 0 Å². The van der Waals surface area contributed by atoms with Crippen molar-refractivity contribution in [3.63, 3.8) is 0 Å². The third kappa shape index (κ3) is 3.47. The van der Waals surface area contributed by atoms with E-state index in [-0.39, 0.29) is 11.2 Å². The highest BCUT2D eigenvalue weighted by Crippen LogP contribution is 2.24. The maximum Gasteiger partial charge on any atom is 0.187 e. The van der Waals surface area contributed by atoms with Crippen molar-refractivity contribution in [1.82, 2.24) is 9.97 Å². The number of pyridine rings is 1. The Kier molecular flexibility index (Phi) is 3.80. The van der Waals surface area contributed by atoms with Crippen LogP contribution in [0.5, 0.6) is 0 Å². The molecule has 0 spiro atoms. The largest absolute Gasteiger partial charge is 0.292 e. The molecule has 2 aromatic rings. The molecule has 0 radical (unpaired) electrons. The molecule has 2 rings (SSSR count). The maximum atomic E-state index is 12.1. The van der Waals surface area contributed by atoms with Crippen LogP contribution in [0.15, 0.2) is 23.6 Å². The second kappa shape index (κ2) is 5.21. The number of hydrogen-bond acceptors (Lipinski definition) is 4. The molecule has 3 nitrogen and oxygen atoms in total. The van der Waals surface area contributed by atoms with Gasteiger partial charge in [0.1, 0.15) is 10.7 Å². The number of carbonyl (C=O) groups is 1. The van der Waals surface area contributed by atoms with Crippen LogP contribution in [0.3, 0.4) is 0 Å². The Morgan fingerprint density at radius 1 is 1.26 bits per heavy atom. The highest BCUT2D eigenvalue weighted by atomic mass is 32.1. The van der Waals surface area contributed by atoms with Gasteiger partial charge in [0.25, 0.3) is 0 Å². The van der Waals surface area contributed by atoms with Crippen molar-refractivity contribution in [2.75, 3.05) is 0 Å². The summed E-state index contributed by atoms with van der Waals surface area (Å²) >= 11 is 1.54. The smallest absolute Gasteiger partial charge is 0.187 e. The number of carbonyl (C=O) groups excluding carboxylic acids is 1. The molecule has 2 aromatic heterocycles. The molecule has 2 heterocycles. The topological polar surface area (TPSA) is 42.9 Å². The van der Waals surface area contributed by atoms with Gasteiger partial charge in [-0.25, -0.2) is 4.98 Å². The van der Waals surface area contributed by atoms with Gasteiger partial charge in [0.15, 0.2) is 5.78 Å². The van der Waals surface area contributed by atoms with Crippen molar-refractivity contribution in [2.24, 2.45) is 0 Å². The Morgan fingerprint density at radius 3 is 2.58 bits per heavy atom. The Balaban J connectivity index is 2.13. The molecule has 0 N–H and O–H groups in total. The first-order chi connectivity index (χ1) is 8.86. The second-order valence-electron chi connectivity index (χ2n) is 5.64. The molecule has 0 saturated carbocycles. The van der Waals surface area contributed by atoms with Crippen LogP contribution in [0.2, 0.25) is 0 Å². The summed E-state index contributed by atoms with van der Waals surface area (Å²) in [5.74, 6) is 0.0264. The number of Topliss-reactive ketones (excluding diaryl/α,β-unsaturated/α-hetero) is 1. The summed E-state index contributed by atoms with van der Waals surface area (Å²) in [7, 11) is 0. The fourth-order valence-corrected chi connectivity index (χ4v) is 2.68. The fourth-order valence-electron chi connectivity index (χ4n) is 1.66. The molecule has 0 bridgehead atoms. The number of ketones is 1. The predicted octanol–water partition coefficient (Wildman–Crippen LogP) is 3.57. The van der Waals surface area contributed by atoms with Crippen molar-refractivity contribution in [1.29, 1.82) is 0 Å². The molecule has 19 heavy (non-hydrogen) atoms. The normalized spacial score (nSPS) is 11.6. The molecule has 0 atom stereocenters. The number of nitrogens with zero attached hydrogens (tertiary/aromatic N) is 2. The number of aryl methyl sites for hydroxylation is 1. The van der Waals surface area contributed by atoms with Crippen LogP contribution in [0.25, 0.3) is 0 Å². The van der Waals surface area contributed by atoms with Gasteiger partial charge < -0.3 is 0 Å². The fraction of sp³-hybridized carbons (Fsp3) is 0.400. The minimum absolute atomic E-state index is 0.0264. The first-order valence-electron chi connectivity index (χ1n) is 6.28. The Hall–Kier alpha value is -1.55. The minimum atomic E-state index is 0.0264. The van der Waals surface area contributed by atoms with Gasteiger partial charge in [-0.1, -0.05) is 26.8 Å². The van der Waals surface area contributed by atoms with Crippen molar-refractivity contribution in [3.8, 4) is 0 Å². The van der Waals surface area contributed by atoms with E-state index in [1.807, 2.05) is 24.4 Å². The molecule has 0 aliphatic rings. The van der Waals surface area contributed by atoms with Gasteiger partial charge in [0, 0.05) is 16.5 Å². The van der Waals surface area contributed by atoms with Crippen molar-refractivity contribution < 1.29 is 4.79 Å². The number of aromatic nitrogens is 2. The van der Waals surface area contributed by atoms with Crippen LogP contribution < -0.4 is 0 Å². The average molecular weight is 274 g/mol. The van der Waals surface area contributed by atoms with Gasteiger partial charge in [-0.05, 0) is 19.1 Å². The van der Waals surface area contributed by atoms with Crippen LogP contribution in [-0.2, 0) is 11.8 Å². The third-order valence-electron chi connectivity index (χ3n) is 2.81. The summed E-state index contributed by atoms with van der Waals surface area (Å²) in [6, 6.07) is 5.50. The summed E-state index contributed by atoms with van der Waals surface area (Å²) in [4.78, 5) is 20.9. The molecule has 0 aliphatic carbocycles. The van der Waals surface area contributed by atoms with E-state index in [0.29, 0.717) is 12.1 Å². The zero-order chi connectivity index (χ0) is 14.0. The lowest BCUT2D eigenvalue weighted by Gasteiger charge is -2.14. The van der Waals surface area contributed by atoms with Crippen LogP contribution in [-0.4, -0.2) is 15.8 Å². The molecule has 0 aromatic carbocycles.